The molecule has 1 aromatic heterocycles. The SMILES string of the molecule is CNC(=O)c1cc(C(=O)NC2CC2)cc(CO)n1. The number of hydrogen-bond acceptors (Lipinski definition) is 4. The van der Waals surface area contributed by atoms with Gasteiger partial charge in [0.1, 0.15) is 5.69 Å². The fraction of sp³-hybridized carbons (Fsp3) is 0.417. The summed E-state index contributed by atoms with van der Waals surface area (Å²) in [7, 11) is 1.49. The lowest BCUT2D eigenvalue weighted by Gasteiger charge is -2.07. The molecule has 0 spiro atoms. The van der Waals surface area contributed by atoms with Crippen molar-refractivity contribution in [3.63, 3.8) is 0 Å². The smallest absolute Gasteiger partial charge is 0.269 e. The Labute approximate surface area is 104 Å². The third-order valence-electron chi connectivity index (χ3n) is 2.67. The van der Waals surface area contributed by atoms with Crippen LogP contribution in [0.5, 0.6) is 0 Å². The highest BCUT2D eigenvalue weighted by Gasteiger charge is 2.24. The number of hydrogen-bond donors (Lipinski definition) is 3. The Balaban J connectivity index is 2.27. The second kappa shape index (κ2) is 5.14. The van der Waals surface area contributed by atoms with Gasteiger partial charge < -0.3 is 15.7 Å². The molecule has 1 heterocycles. The van der Waals surface area contributed by atoms with Gasteiger partial charge in [-0.3, -0.25) is 9.59 Å². The molecule has 2 amide bonds. The van der Waals surface area contributed by atoms with Gasteiger partial charge in [0.25, 0.3) is 11.8 Å². The maximum absolute atomic E-state index is 11.9. The Morgan fingerprint density at radius 1 is 1.39 bits per heavy atom. The van der Waals surface area contributed by atoms with Crippen molar-refractivity contribution in [2.45, 2.75) is 25.5 Å². The summed E-state index contributed by atoms with van der Waals surface area (Å²) >= 11 is 0. The lowest BCUT2D eigenvalue weighted by Crippen LogP contribution is -2.27. The van der Waals surface area contributed by atoms with Crippen LogP contribution < -0.4 is 10.6 Å². The lowest BCUT2D eigenvalue weighted by atomic mass is 10.1. The molecule has 0 bridgehead atoms. The second-order valence-corrected chi connectivity index (χ2v) is 4.22. The van der Waals surface area contributed by atoms with Gasteiger partial charge in [0.15, 0.2) is 0 Å². The topological polar surface area (TPSA) is 91.3 Å². The van der Waals surface area contributed by atoms with E-state index in [1.54, 1.807) is 0 Å². The van der Waals surface area contributed by atoms with Crippen LogP contribution in [0.1, 0.15) is 39.4 Å². The van der Waals surface area contributed by atoms with Crippen molar-refractivity contribution in [3.05, 3.63) is 29.1 Å². The molecule has 1 fully saturated rings. The molecular weight excluding hydrogens is 234 g/mol. The molecule has 0 unspecified atom stereocenters. The number of carbonyl (C=O) groups is 2. The first kappa shape index (κ1) is 12.5. The van der Waals surface area contributed by atoms with Gasteiger partial charge in [-0.15, -0.1) is 0 Å². The van der Waals surface area contributed by atoms with Crippen molar-refractivity contribution in [1.29, 1.82) is 0 Å². The lowest BCUT2D eigenvalue weighted by molar-refractivity contribution is 0.0950. The summed E-state index contributed by atoms with van der Waals surface area (Å²) in [5, 5.41) is 14.4. The quantitative estimate of drug-likeness (QED) is 0.690. The Hall–Kier alpha value is -1.95. The number of aliphatic hydroxyl groups excluding tert-OH is 1. The van der Waals surface area contributed by atoms with Crippen molar-refractivity contribution >= 4 is 11.8 Å². The third kappa shape index (κ3) is 2.84. The van der Waals surface area contributed by atoms with E-state index in [0.29, 0.717) is 11.3 Å². The predicted molar refractivity (Wildman–Crippen MR) is 64.0 cm³/mol. The van der Waals surface area contributed by atoms with Gasteiger partial charge in [0.2, 0.25) is 0 Å². The monoisotopic (exact) mass is 249 g/mol. The summed E-state index contributed by atoms with van der Waals surface area (Å²) in [4.78, 5) is 27.3. The van der Waals surface area contributed by atoms with Gasteiger partial charge in [0.05, 0.1) is 12.3 Å². The van der Waals surface area contributed by atoms with E-state index in [0.717, 1.165) is 12.8 Å². The van der Waals surface area contributed by atoms with E-state index >= 15 is 0 Å². The van der Waals surface area contributed by atoms with Crippen LogP contribution in [0.4, 0.5) is 0 Å². The molecule has 0 saturated heterocycles. The maximum Gasteiger partial charge on any atom is 0.269 e. The largest absolute Gasteiger partial charge is 0.390 e. The fourth-order valence-corrected chi connectivity index (χ4v) is 1.54. The Morgan fingerprint density at radius 2 is 2.11 bits per heavy atom. The number of carbonyl (C=O) groups excluding carboxylic acids is 2. The number of rotatable bonds is 4. The normalized spacial score (nSPS) is 14.1. The van der Waals surface area contributed by atoms with Crippen molar-refractivity contribution in [2.24, 2.45) is 0 Å². The number of amides is 2. The minimum Gasteiger partial charge on any atom is -0.390 e. The van der Waals surface area contributed by atoms with Gasteiger partial charge in [0, 0.05) is 18.7 Å². The van der Waals surface area contributed by atoms with E-state index in [9.17, 15) is 9.59 Å². The molecule has 18 heavy (non-hydrogen) atoms. The van der Waals surface area contributed by atoms with Crippen LogP contribution in [-0.4, -0.2) is 35.0 Å². The molecule has 1 saturated carbocycles. The number of aromatic nitrogens is 1. The highest BCUT2D eigenvalue weighted by atomic mass is 16.3. The van der Waals surface area contributed by atoms with Gasteiger partial charge in [-0.05, 0) is 25.0 Å². The van der Waals surface area contributed by atoms with Crippen LogP contribution in [-0.2, 0) is 6.61 Å². The minimum absolute atomic E-state index is 0.130. The highest BCUT2D eigenvalue weighted by Crippen LogP contribution is 2.19. The molecule has 0 aromatic carbocycles. The Morgan fingerprint density at radius 3 is 2.67 bits per heavy atom. The summed E-state index contributed by atoms with van der Waals surface area (Å²) in [5.41, 5.74) is 0.779. The first-order chi connectivity index (χ1) is 8.63. The molecule has 6 nitrogen and oxygen atoms in total. The zero-order valence-electron chi connectivity index (χ0n) is 10.1. The predicted octanol–water partition coefficient (Wildman–Crippen LogP) is -0.174. The fourth-order valence-electron chi connectivity index (χ4n) is 1.54. The average molecular weight is 249 g/mol. The molecule has 3 N–H and O–H groups in total. The zero-order valence-corrected chi connectivity index (χ0v) is 10.1. The zero-order chi connectivity index (χ0) is 13.1. The summed E-state index contributed by atoms with van der Waals surface area (Å²) in [6.07, 6.45) is 1.98. The number of nitrogens with one attached hydrogen (secondary N) is 2. The molecule has 0 atom stereocenters. The molecule has 96 valence electrons. The first-order valence-electron chi connectivity index (χ1n) is 5.79. The van der Waals surface area contributed by atoms with Gasteiger partial charge >= 0.3 is 0 Å². The van der Waals surface area contributed by atoms with E-state index in [4.69, 9.17) is 5.11 Å². The molecule has 1 aliphatic rings. The van der Waals surface area contributed by atoms with E-state index in [-0.39, 0.29) is 30.2 Å². The number of aliphatic hydroxyl groups is 1. The van der Waals surface area contributed by atoms with Crippen molar-refractivity contribution < 1.29 is 14.7 Å². The first-order valence-corrected chi connectivity index (χ1v) is 5.79. The average Bonchev–Trinajstić information content (AvgIpc) is 3.20. The maximum atomic E-state index is 11.9. The Bertz CT molecular complexity index is 483. The van der Waals surface area contributed by atoms with Gasteiger partial charge in [-0.25, -0.2) is 4.98 Å². The van der Waals surface area contributed by atoms with Crippen molar-refractivity contribution in [2.75, 3.05) is 7.05 Å². The summed E-state index contributed by atoms with van der Waals surface area (Å²) in [5.74, 6) is -0.620. The summed E-state index contributed by atoms with van der Waals surface area (Å²) < 4.78 is 0. The van der Waals surface area contributed by atoms with E-state index in [1.165, 1.54) is 19.2 Å². The van der Waals surface area contributed by atoms with E-state index in [1.807, 2.05) is 0 Å². The molecule has 6 heteroatoms. The van der Waals surface area contributed by atoms with E-state index in [2.05, 4.69) is 15.6 Å². The van der Waals surface area contributed by atoms with Gasteiger partial charge in [-0.1, -0.05) is 0 Å². The van der Waals surface area contributed by atoms with E-state index < -0.39 is 0 Å². The van der Waals surface area contributed by atoms with Crippen LogP contribution in [0, 0.1) is 0 Å². The second-order valence-electron chi connectivity index (χ2n) is 4.22. The molecule has 1 aromatic rings. The summed E-state index contributed by atoms with van der Waals surface area (Å²) in [6, 6.07) is 3.16. The standard InChI is InChI=1S/C12H15N3O3/c1-13-12(18)10-5-7(4-9(6-16)14-10)11(17)15-8-2-3-8/h4-5,8,16H,2-3,6H2,1H3,(H,13,18)(H,15,17). The van der Waals surface area contributed by atoms with Crippen LogP contribution in [0.15, 0.2) is 12.1 Å². The van der Waals surface area contributed by atoms with Crippen LogP contribution >= 0.6 is 0 Å². The number of nitrogens with zero attached hydrogens (tertiary/aromatic N) is 1. The van der Waals surface area contributed by atoms with Gasteiger partial charge in [-0.2, -0.15) is 0 Å². The molecule has 0 radical (unpaired) electrons. The highest BCUT2D eigenvalue weighted by molar-refractivity contribution is 5.98. The van der Waals surface area contributed by atoms with Crippen LogP contribution in [0.3, 0.4) is 0 Å². The molecule has 1 aliphatic carbocycles. The third-order valence-corrected chi connectivity index (χ3v) is 2.67. The Kier molecular flexibility index (Phi) is 3.57. The number of pyridine rings is 1. The van der Waals surface area contributed by atoms with Crippen molar-refractivity contribution in [3.8, 4) is 0 Å². The molecular formula is C12H15N3O3. The van der Waals surface area contributed by atoms with Crippen LogP contribution in [0.25, 0.3) is 0 Å². The molecule has 0 aliphatic heterocycles. The minimum atomic E-state index is -0.384. The van der Waals surface area contributed by atoms with Crippen LogP contribution in [0.2, 0.25) is 0 Å². The van der Waals surface area contributed by atoms with Crippen molar-refractivity contribution in [1.82, 2.24) is 15.6 Å². The molecule has 2 rings (SSSR count). The summed E-state index contributed by atoms with van der Waals surface area (Å²) in [6.45, 7) is -0.311.